The highest BCUT2D eigenvalue weighted by Crippen LogP contribution is 2.33. The standard InChI is InChI=1S/C21H19N4O3P.2ClH/c26-29(27,28)16-15-23-10-5-18(6-11-23)19-7-12-24(13-8-19)20-1-3-21(4-2-20)25-14-9-22-17-25;;/h1-14,17H,15-16H2;2*1H. The lowest BCUT2D eigenvalue weighted by Crippen LogP contribution is -3.00. The van der Waals surface area contributed by atoms with E-state index in [4.69, 9.17) is 9.79 Å². The highest BCUT2D eigenvalue weighted by molar-refractivity contribution is 7.51. The number of nitrogens with zero attached hydrogens (tertiary/aromatic N) is 4. The van der Waals surface area contributed by atoms with Crippen molar-refractivity contribution in [3.05, 3.63) is 92.0 Å². The van der Waals surface area contributed by atoms with Crippen LogP contribution in [-0.2, 0) is 11.1 Å². The summed E-state index contributed by atoms with van der Waals surface area (Å²) >= 11 is 0. The largest absolute Gasteiger partial charge is 1.00 e. The smallest absolute Gasteiger partial charge is 0.331 e. The van der Waals surface area contributed by atoms with Crippen LogP contribution in [0.25, 0.3) is 22.5 Å². The van der Waals surface area contributed by atoms with E-state index in [0.717, 1.165) is 22.5 Å². The average molecular weight is 479 g/mol. The molecule has 162 valence electrons. The van der Waals surface area contributed by atoms with Gasteiger partial charge in [-0.05, 0) is 23.3 Å². The molecule has 0 spiro atoms. The highest BCUT2D eigenvalue weighted by Gasteiger charge is 2.16. The molecule has 0 saturated heterocycles. The summed E-state index contributed by atoms with van der Waals surface area (Å²) in [5, 5.41) is 0. The van der Waals surface area contributed by atoms with Crippen molar-refractivity contribution in [1.82, 2.24) is 9.55 Å². The molecule has 0 unspecified atom stereocenters. The van der Waals surface area contributed by atoms with Gasteiger partial charge in [0, 0.05) is 54.5 Å². The molecule has 0 amide bonds. The van der Waals surface area contributed by atoms with Gasteiger partial charge >= 0.3 is 7.60 Å². The molecule has 0 aliphatic rings. The Hall–Kier alpha value is -2.54. The maximum absolute atomic E-state index is 11.0. The minimum Gasteiger partial charge on any atom is -1.00 e. The monoisotopic (exact) mass is 478 g/mol. The Morgan fingerprint density at radius 3 is 1.97 bits per heavy atom. The van der Waals surface area contributed by atoms with Crippen LogP contribution in [0.3, 0.4) is 0 Å². The zero-order valence-corrected chi connectivity index (χ0v) is 18.8. The molecular formula is C21H21Cl2N4O3P. The number of aromatic nitrogens is 4. The van der Waals surface area contributed by atoms with Crippen LogP contribution in [0.15, 0.2) is 92.0 Å². The number of hydrogen-bond donors (Lipinski definition) is 2. The van der Waals surface area contributed by atoms with Crippen LogP contribution in [0.1, 0.15) is 0 Å². The molecule has 31 heavy (non-hydrogen) atoms. The molecule has 1 aromatic carbocycles. The van der Waals surface area contributed by atoms with E-state index in [-0.39, 0.29) is 37.5 Å². The van der Waals surface area contributed by atoms with Crippen molar-refractivity contribution in [2.24, 2.45) is 0 Å². The molecule has 0 aliphatic carbocycles. The van der Waals surface area contributed by atoms with Crippen molar-refractivity contribution in [2.45, 2.75) is 6.54 Å². The Balaban J connectivity index is 0.00000171. The molecular weight excluding hydrogens is 458 g/mol. The van der Waals surface area contributed by atoms with Crippen LogP contribution >= 0.6 is 7.60 Å². The van der Waals surface area contributed by atoms with Crippen LogP contribution in [0.5, 0.6) is 0 Å². The fraction of sp³-hybridized carbons (Fsp3) is 0.0952. The second kappa shape index (κ2) is 10.7. The molecule has 7 nitrogen and oxygen atoms in total. The van der Waals surface area contributed by atoms with Gasteiger partial charge in [0.05, 0.1) is 6.33 Å². The molecule has 2 N–H and O–H groups in total. The summed E-state index contributed by atoms with van der Waals surface area (Å²) in [5.41, 5.74) is 4.22. The molecule has 10 heteroatoms. The normalized spacial score (nSPS) is 10.8. The number of benzene rings is 1. The molecule has 4 aromatic rings. The molecule has 0 bridgehead atoms. The van der Waals surface area contributed by atoms with Gasteiger partial charge in [0.1, 0.15) is 6.16 Å². The third-order valence-corrected chi connectivity index (χ3v) is 5.44. The third kappa shape index (κ3) is 6.47. The van der Waals surface area contributed by atoms with E-state index >= 15 is 0 Å². The van der Waals surface area contributed by atoms with E-state index < -0.39 is 7.60 Å². The van der Waals surface area contributed by atoms with E-state index in [2.05, 4.69) is 17.1 Å². The van der Waals surface area contributed by atoms with Gasteiger partial charge in [0.15, 0.2) is 31.3 Å². The van der Waals surface area contributed by atoms with E-state index in [0.29, 0.717) is 0 Å². The Kier molecular flexibility index (Phi) is 8.51. The molecule has 0 radical (unpaired) electrons. The molecule has 3 aromatic heterocycles. The van der Waals surface area contributed by atoms with Gasteiger partial charge in [-0.3, -0.25) is 4.57 Å². The van der Waals surface area contributed by atoms with Crippen LogP contribution in [-0.4, -0.2) is 25.5 Å². The number of halogens is 2. The van der Waals surface area contributed by atoms with Gasteiger partial charge in [-0.15, -0.1) is 0 Å². The third-order valence-electron chi connectivity index (χ3n) is 4.65. The predicted octanol–water partition coefficient (Wildman–Crippen LogP) is -3.71. The Morgan fingerprint density at radius 2 is 1.45 bits per heavy atom. The Morgan fingerprint density at radius 1 is 0.871 bits per heavy atom. The summed E-state index contributed by atoms with van der Waals surface area (Å²) in [6, 6.07) is 16.2. The van der Waals surface area contributed by atoms with Gasteiger partial charge in [-0.25, -0.2) is 9.55 Å². The van der Waals surface area contributed by atoms with E-state index in [1.807, 2.05) is 76.5 Å². The van der Waals surface area contributed by atoms with Crippen molar-refractivity contribution in [1.29, 1.82) is 0 Å². The predicted molar refractivity (Wildman–Crippen MR) is 108 cm³/mol. The lowest BCUT2D eigenvalue weighted by atomic mass is 10.1. The molecule has 0 fully saturated rings. The number of imidazole rings is 1. The number of rotatable bonds is 6. The first-order valence-electron chi connectivity index (χ1n) is 9.12. The lowest BCUT2D eigenvalue weighted by Gasteiger charge is -2.03. The van der Waals surface area contributed by atoms with Gasteiger partial charge in [-0.1, -0.05) is 0 Å². The summed E-state index contributed by atoms with van der Waals surface area (Å²) in [6.45, 7) is 0.286. The fourth-order valence-electron chi connectivity index (χ4n) is 3.04. The summed E-state index contributed by atoms with van der Waals surface area (Å²) in [6.07, 6.45) is 13.0. The Bertz CT molecular complexity index is 1130. The second-order valence-corrected chi connectivity index (χ2v) is 8.47. The number of pyridine rings is 2. The zero-order chi connectivity index (χ0) is 20.3. The van der Waals surface area contributed by atoms with Crippen LogP contribution < -0.4 is 33.9 Å². The van der Waals surface area contributed by atoms with E-state index in [9.17, 15) is 4.57 Å². The second-order valence-electron chi connectivity index (χ2n) is 6.69. The van der Waals surface area contributed by atoms with Gasteiger partial charge in [0.2, 0.25) is 5.69 Å². The summed E-state index contributed by atoms with van der Waals surface area (Å²) in [7, 11) is -3.98. The molecule has 3 heterocycles. The van der Waals surface area contributed by atoms with Crippen molar-refractivity contribution in [3.8, 4) is 22.5 Å². The van der Waals surface area contributed by atoms with Gasteiger partial charge in [0.25, 0.3) is 0 Å². The summed E-state index contributed by atoms with van der Waals surface area (Å²) in [4.78, 5) is 22.0. The molecule has 0 saturated carbocycles. The van der Waals surface area contributed by atoms with Crippen molar-refractivity contribution >= 4 is 7.60 Å². The van der Waals surface area contributed by atoms with Gasteiger partial charge < -0.3 is 39.2 Å². The first kappa shape index (κ1) is 24.7. The van der Waals surface area contributed by atoms with Gasteiger partial charge in [-0.2, -0.15) is 4.57 Å². The fourth-order valence-corrected chi connectivity index (χ4v) is 3.54. The quantitative estimate of drug-likeness (QED) is 0.220. The maximum Gasteiger partial charge on any atom is 0.331 e. The van der Waals surface area contributed by atoms with Crippen LogP contribution in [0.4, 0.5) is 0 Å². The van der Waals surface area contributed by atoms with E-state index in [1.54, 1.807) is 17.1 Å². The topological polar surface area (TPSA) is 83.1 Å². The van der Waals surface area contributed by atoms with E-state index in [1.165, 1.54) is 0 Å². The number of aryl methyl sites for hydroxylation is 1. The molecule has 0 aliphatic heterocycles. The lowest BCUT2D eigenvalue weighted by molar-refractivity contribution is -0.692. The Labute approximate surface area is 192 Å². The first-order chi connectivity index (χ1) is 14.0. The summed E-state index contributed by atoms with van der Waals surface area (Å²) in [5.74, 6) is 0. The minimum absolute atomic E-state index is 0. The van der Waals surface area contributed by atoms with Crippen LogP contribution in [0, 0.1) is 0 Å². The van der Waals surface area contributed by atoms with Crippen molar-refractivity contribution in [2.75, 3.05) is 6.16 Å². The first-order valence-corrected chi connectivity index (χ1v) is 10.9. The van der Waals surface area contributed by atoms with Crippen molar-refractivity contribution in [3.63, 3.8) is 0 Å². The number of hydrogen-bond acceptors (Lipinski definition) is 2. The SMILES string of the molecule is O=P(O)(O)CC[n+]1ccc(-c2cc[n+](-c3ccc(-n4ccnc4)cc3)cc2)cc1.[Cl-].[Cl-]. The molecule has 4 rings (SSSR count). The van der Waals surface area contributed by atoms with Crippen molar-refractivity contribution < 1.29 is 48.3 Å². The summed E-state index contributed by atoms with van der Waals surface area (Å²) < 4.78 is 16.8. The highest BCUT2D eigenvalue weighted by atomic mass is 35.5. The molecule has 0 atom stereocenters. The maximum atomic E-state index is 11.0. The van der Waals surface area contributed by atoms with Crippen LogP contribution in [0.2, 0.25) is 0 Å². The zero-order valence-electron chi connectivity index (χ0n) is 16.4. The average Bonchev–Trinajstić information content (AvgIpc) is 3.27. The minimum atomic E-state index is -3.98.